The van der Waals surface area contributed by atoms with E-state index in [1.165, 1.54) is 30.5 Å². The fourth-order valence-electron chi connectivity index (χ4n) is 3.13. The van der Waals surface area contributed by atoms with Crippen molar-refractivity contribution in [1.29, 1.82) is 0 Å². The third kappa shape index (κ3) is 4.32. The lowest BCUT2D eigenvalue weighted by Crippen LogP contribution is -2.18. The molecule has 1 N–H and O–H groups in total. The van der Waals surface area contributed by atoms with Gasteiger partial charge >= 0.3 is 6.18 Å². The Morgan fingerprint density at radius 2 is 2.00 bits per heavy atom. The highest BCUT2D eigenvalue weighted by Gasteiger charge is 2.33. The number of carbonyl (C=O) groups excluding carboxylic acids is 1. The van der Waals surface area contributed by atoms with Crippen molar-refractivity contribution < 1.29 is 22.7 Å². The van der Waals surface area contributed by atoms with Gasteiger partial charge in [-0.05, 0) is 36.8 Å². The molecule has 29 heavy (non-hydrogen) atoms. The number of ether oxygens (including phenoxy) is 1. The van der Waals surface area contributed by atoms with Gasteiger partial charge < -0.3 is 10.1 Å². The molecule has 152 valence electrons. The van der Waals surface area contributed by atoms with Gasteiger partial charge in [-0.15, -0.1) is 0 Å². The van der Waals surface area contributed by atoms with E-state index in [0.717, 1.165) is 23.8 Å². The zero-order chi connectivity index (χ0) is 20.4. The normalized spacial score (nSPS) is 16.9. The number of nitrogens with zero attached hydrogens (tertiary/aromatic N) is 4. The van der Waals surface area contributed by atoms with Crippen LogP contribution >= 0.6 is 0 Å². The van der Waals surface area contributed by atoms with Gasteiger partial charge in [0.15, 0.2) is 5.69 Å². The molecule has 3 aromatic rings. The monoisotopic (exact) mass is 405 g/mol. The zero-order valence-corrected chi connectivity index (χ0v) is 15.3. The Hall–Kier alpha value is -3.14. The number of anilines is 1. The van der Waals surface area contributed by atoms with Crippen molar-refractivity contribution in [2.45, 2.75) is 19.1 Å². The van der Waals surface area contributed by atoms with Crippen LogP contribution in [0.2, 0.25) is 0 Å². The van der Waals surface area contributed by atoms with E-state index in [1.54, 1.807) is 16.9 Å². The summed E-state index contributed by atoms with van der Waals surface area (Å²) < 4.78 is 46.3. The van der Waals surface area contributed by atoms with Crippen molar-refractivity contribution in [3.8, 4) is 5.69 Å². The first-order chi connectivity index (χ1) is 13.9. The number of amides is 1. The zero-order valence-electron chi connectivity index (χ0n) is 15.3. The number of benzene rings is 1. The van der Waals surface area contributed by atoms with Crippen LogP contribution in [-0.4, -0.2) is 38.7 Å². The van der Waals surface area contributed by atoms with Crippen LogP contribution in [0.25, 0.3) is 5.69 Å². The van der Waals surface area contributed by atoms with Crippen LogP contribution < -0.4 is 5.32 Å². The molecule has 0 radical (unpaired) electrons. The molecular formula is C19H18F3N5O2. The molecule has 1 unspecified atom stereocenters. The largest absolute Gasteiger partial charge is 0.435 e. The molecule has 1 aliphatic rings. The van der Waals surface area contributed by atoms with Crippen molar-refractivity contribution >= 4 is 11.7 Å². The van der Waals surface area contributed by atoms with Gasteiger partial charge in [0.25, 0.3) is 5.91 Å². The van der Waals surface area contributed by atoms with E-state index in [0.29, 0.717) is 36.1 Å². The number of carbonyl (C=O) groups is 1. The Morgan fingerprint density at radius 1 is 1.21 bits per heavy atom. The summed E-state index contributed by atoms with van der Waals surface area (Å²) in [5.74, 6) is 0.603. The molecule has 2 aromatic heterocycles. The third-order valence-corrected chi connectivity index (χ3v) is 4.69. The minimum atomic E-state index is -4.50. The lowest BCUT2D eigenvalue weighted by Gasteiger charge is -2.12. The van der Waals surface area contributed by atoms with Crippen LogP contribution in [0, 0.1) is 5.92 Å². The molecule has 1 saturated heterocycles. The lowest BCUT2D eigenvalue weighted by molar-refractivity contribution is -0.141. The van der Waals surface area contributed by atoms with Gasteiger partial charge in [-0.25, -0.2) is 9.36 Å². The molecule has 3 heterocycles. The Bertz CT molecular complexity index is 988. The standard InChI is InChI=1S/C19H18F3N5O2/c20-19(21,22)16-6-9-26(25-16)15-3-1-14(2-4-15)18(28)24-17-5-8-23-27(17)11-13-7-10-29-12-13/h1-6,8-9,13H,7,10-12H2,(H,24,28). The topological polar surface area (TPSA) is 74.0 Å². The van der Waals surface area contributed by atoms with Gasteiger partial charge in [0, 0.05) is 36.9 Å². The van der Waals surface area contributed by atoms with Gasteiger partial charge in [0.2, 0.25) is 0 Å². The average molecular weight is 405 g/mol. The molecule has 0 saturated carbocycles. The molecule has 0 spiro atoms. The number of alkyl halides is 3. The van der Waals surface area contributed by atoms with Crippen molar-refractivity contribution in [2.24, 2.45) is 5.92 Å². The number of nitrogens with one attached hydrogen (secondary N) is 1. The van der Waals surface area contributed by atoms with E-state index in [9.17, 15) is 18.0 Å². The quantitative estimate of drug-likeness (QED) is 0.706. The molecule has 1 amide bonds. The van der Waals surface area contributed by atoms with E-state index in [-0.39, 0.29) is 5.91 Å². The van der Waals surface area contributed by atoms with Crippen LogP contribution in [0.5, 0.6) is 0 Å². The summed E-state index contributed by atoms with van der Waals surface area (Å²) in [6.07, 6.45) is -0.704. The van der Waals surface area contributed by atoms with Gasteiger partial charge in [-0.2, -0.15) is 23.4 Å². The first-order valence-corrected chi connectivity index (χ1v) is 9.04. The molecule has 10 heteroatoms. The number of halogens is 3. The molecule has 7 nitrogen and oxygen atoms in total. The van der Waals surface area contributed by atoms with Gasteiger partial charge in [0.1, 0.15) is 5.82 Å². The Kier molecular flexibility index (Phi) is 5.10. The maximum atomic E-state index is 12.7. The van der Waals surface area contributed by atoms with Crippen LogP contribution in [0.3, 0.4) is 0 Å². The lowest BCUT2D eigenvalue weighted by atomic mass is 10.1. The molecule has 0 bridgehead atoms. The first kappa shape index (κ1) is 19.2. The minimum Gasteiger partial charge on any atom is -0.381 e. The second kappa shape index (κ2) is 7.70. The fraction of sp³-hybridized carbons (Fsp3) is 0.316. The molecule has 4 rings (SSSR count). The molecule has 1 atom stereocenters. The van der Waals surface area contributed by atoms with Crippen molar-refractivity contribution in [3.05, 3.63) is 60.0 Å². The number of aromatic nitrogens is 4. The van der Waals surface area contributed by atoms with Crippen LogP contribution in [0.4, 0.5) is 19.0 Å². The molecule has 1 aromatic carbocycles. The maximum absolute atomic E-state index is 12.7. The maximum Gasteiger partial charge on any atom is 0.435 e. The highest BCUT2D eigenvalue weighted by molar-refractivity contribution is 6.03. The van der Waals surface area contributed by atoms with E-state index in [2.05, 4.69) is 15.5 Å². The summed E-state index contributed by atoms with van der Waals surface area (Å²) in [5, 5.41) is 10.6. The Morgan fingerprint density at radius 3 is 2.66 bits per heavy atom. The third-order valence-electron chi connectivity index (χ3n) is 4.69. The van der Waals surface area contributed by atoms with E-state index < -0.39 is 11.9 Å². The van der Waals surface area contributed by atoms with Crippen molar-refractivity contribution in [3.63, 3.8) is 0 Å². The van der Waals surface area contributed by atoms with Gasteiger partial charge in [-0.1, -0.05) is 0 Å². The predicted molar refractivity (Wildman–Crippen MR) is 97.7 cm³/mol. The summed E-state index contributed by atoms with van der Waals surface area (Å²) in [6, 6.07) is 8.75. The van der Waals surface area contributed by atoms with Crippen LogP contribution in [-0.2, 0) is 17.5 Å². The first-order valence-electron chi connectivity index (χ1n) is 9.04. The average Bonchev–Trinajstić information content (AvgIpc) is 3.44. The van der Waals surface area contributed by atoms with E-state index >= 15 is 0 Å². The van der Waals surface area contributed by atoms with Crippen LogP contribution in [0.1, 0.15) is 22.5 Å². The molecule has 1 aliphatic heterocycles. The highest BCUT2D eigenvalue weighted by atomic mass is 19.4. The van der Waals surface area contributed by atoms with Gasteiger partial charge in [0.05, 0.1) is 18.5 Å². The van der Waals surface area contributed by atoms with Crippen molar-refractivity contribution in [1.82, 2.24) is 19.6 Å². The fourth-order valence-corrected chi connectivity index (χ4v) is 3.13. The molecular weight excluding hydrogens is 387 g/mol. The minimum absolute atomic E-state index is 0.336. The summed E-state index contributed by atoms with van der Waals surface area (Å²) in [6.45, 7) is 2.07. The highest BCUT2D eigenvalue weighted by Crippen LogP contribution is 2.28. The van der Waals surface area contributed by atoms with E-state index in [4.69, 9.17) is 4.74 Å². The SMILES string of the molecule is O=C(Nc1ccnn1CC1CCOC1)c1ccc(-n2ccc(C(F)(F)F)n2)cc1. The molecule has 0 aliphatic carbocycles. The predicted octanol–water partition coefficient (Wildman–Crippen LogP) is 3.38. The number of rotatable bonds is 5. The summed E-state index contributed by atoms with van der Waals surface area (Å²) in [7, 11) is 0. The Balaban J connectivity index is 1.44. The van der Waals surface area contributed by atoms with E-state index in [1.807, 2.05) is 0 Å². The molecule has 1 fully saturated rings. The van der Waals surface area contributed by atoms with Crippen LogP contribution in [0.15, 0.2) is 48.8 Å². The number of hydrogen-bond donors (Lipinski definition) is 1. The summed E-state index contributed by atoms with van der Waals surface area (Å²) in [5.41, 5.74) is -0.183. The second-order valence-corrected chi connectivity index (χ2v) is 6.77. The van der Waals surface area contributed by atoms with Gasteiger partial charge in [-0.3, -0.25) is 4.79 Å². The smallest absolute Gasteiger partial charge is 0.381 e. The Labute approximate surface area is 164 Å². The summed E-state index contributed by atoms with van der Waals surface area (Å²) >= 11 is 0. The second-order valence-electron chi connectivity index (χ2n) is 6.77. The van der Waals surface area contributed by atoms with Crippen molar-refractivity contribution in [2.75, 3.05) is 18.5 Å². The number of hydrogen-bond acceptors (Lipinski definition) is 4. The summed E-state index contributed by atoms with van der Waals surface area (Å²) in [4.78, 5) is 12.5.